The molecule has 2 heterocycles. The molecule has 17 heavy (non-hydrogen) atoms. The molecule has 2 rings (SSSR count). The maximum atomic E-state index is 13.1. The van der Waals surface area contributed by atoms with E-state index in [-0.39, 0.29) is 17.7 Å². The molecule has 0 amide bonds. The van der Waals surface area contributed by atoms with E-state index < -0.39 is 0 Å². The van der Waals surface area contributed by atoms with Crippen molar-refractivity contribution in [2.45, 2.75) is 19.8 Å². The van der Waals surface area contributed by atoms with Crippen molar-refractivity contribution in [3.63, 3.8) is 0 Å². The third kappa shape index (κ3) is 1.90. The molecule has 0 spiro atoms. The standard InChI is InChI=1S/C13H14FNO2/c1-8-6-15-7-10(14)4-5-11(15)12(8)9(2)13(16)17-3/h4-7,9H,1-3H3. The second-order valence-corrected chi connectivity index (χ2v) is 4.11. The fourth-order valence-electron chi connectivity index (χ4n) is 2.16. The van der Waals surface area contributed by atoms with Gasteiger partial charge in [-0.2, -0.15) is 0 Å². The van der Waals surface area contributed by atoms with E-state index in [0.29, 0.717) is 0 Å². The zero-order valence-electron chi connectivity index (χ0n) is 10.0. The predicted octanol–water partition coefficient (Wildman–Crippen LogP) is 2.66. The van der Waals surface area contributed by atoms with Crippen LogP contribution in [-0.2, 0) is 9.53 Å². The molecule has 0 aliphatic carbocycles. The molecule has 0 bridgehead atoms. The molecule has 0 N–H and O–H groups in total. The molecule has 2 aromatic rings. The van der Waals surface area contributed by atoms with E-state index in [1.54, 1.807) is 17.4 Å². The van der Waals surface area contributed by atoms with Crippen molar-refractivity contribution in [1.82, 2.24) is 4.40 Å². The Morgan fingerprint density at radius 2 is 2.12 bits per heavy atom. The third-order valence-electron chi connectivity index (χ3n) is 2.96. The van der Waals surface area contributed by atoms with Gasteiger partial charge in [0.25, 0.3) is 0 Å². The Kier molecular flexibility index (Phi) is 2.88. The number of hydrogen-bond donors (Lipinski definition) is 0. The van der Waals surface area contributed by atoms with Gasteiger partial charge in [-0.05, 0) is 37.1 Å². The van der Waals surface area contributed by atoms with Crippen molar-refractivity contribution in [3.8, 4) is 0 Å². The van der Waals surface area contributed by atoms with Crippen LogP contribution in [0.2, 0.25) is 0 Å². The first-order valence-corrected chi connectivity index (χ1v) is 5.39. The number of hydrogen-bond acceptors (Lipinski definition) is 2. The zero-order valence-corrected chi connectivity index (χ0v) is 10.0. The predicted molar refractivity (Wildman–Crippen MR) is 62.5 cm³/mol. The Bertz CT molecular complexity index is 574. The van der Waals surface area contributed by atoms with Crippen LogP contribution >= 0.6 is 0 Å². The van der Waals surface area contributed by atoms with Crippen LogP contribution in [0.1, 0.15) is 24.0 Å². The van der Waals surface area contributed by atoms with E-state index in [0.717, 1.165) is 16.6 Å². The van der Waals surface area contributed by atoms with Crippen LogP contribution in [0.15, 0.2) is 24.5 Å². The molecule has 3 nitrogen and oxygen atoms in total. The van der Waals surface area contributed by atoms with Crippen LogP contribution in [0.3, 0.4) is 0 Å². The van der Waals surface area contributed by atoms with E-state index in [1.165, 1.54) is 19.4 Å². The monoisotopic (exact) mass is 235 g/mol. The summed E-state index contributed by atoms with van der Waals surface area (Å²) in [4.78, 5) is 11.6. The molecule has 0 fully saturated rings. The number of carbonyl (C=O) groups excluding carboxylic acids is 1. The number of carbonyl (C=O) groups is 1. The molecule has 0 aliphatic rings. The summed E-state index contributed by atoms with van der Waals surface area (Å²) in [6.07, 6.45) is 3.21. The summed E-state index contributed by atoms with van der Waals surface area (Å²) < 4.78 is 19.5. The minimum Gasteiger partial charge on any atom is -0.469 e. The molecule has 0 saturated carbocycles. The van der Waals surface area contributed by atoms with Crippen LogP contribution in [-0.4, -0.2) is 17.5 Å². The number of esters is 1. The fourth-order valence-corrected chi connectivity index (χ4v) is 2.16. The first kappa shape index (κ1) is 11.6. The molecule has 1 unspecified atom stereocenters. The summed E-state index contributed by atoms with van der Waals surface area (Å²) in [5.41, 5.74) is 2.67. The number of fused-ring (bicyclic) bond motifs is 1. The van der Waals surface area contributed by atoms with Crippen LogP contribution in [0.4, 0.5) is 4.39 Å². The molecule has 0 radical (unpaired) electrons. The summed E-state index contributed by atoms with van der Waals surface area (Å²) in [6, 6.07) is 3.07. The van der Waals surface area contributed by atoms with Gasteiger partial charge in [-0.25, -0.2) is 4.39 Å². The Hall–Kier alpha value is -1.84. The van der Waals surface area contributed by atoms with E-state index >= 15 is 0 Å². The Morgan fingerprint density at radius 1 is 1.41 bits per heavy atom. The normalized spacial score (nSPS) is 12.7. The Balaban J connectivity index is 2.61. The largest absolute Gasteiger partial charge is 0.469 e. The highest BCUT2D eigenvalue weighted by Crippen LogP contribution is 2.27. The van der Waals surface area contributed by atoms with Crippen LogP contribution in [0.5, 0.6) is 0 Å². The van der Waals surface area contributed by atoms with Crippen molar-refractivity contribution < 1.29 is 13.9 Å². The lowest BCUT2D eigenvalue weighted by molar-refractivity contribution is -0.141. The van der Waals surface area contributed by atoms with Gasteiger partial charge in [-0.3, -0.25) is 4.79 Å². The van der Waals surface area contributed by atoms with Gasteiger partial charge < -0.3 is 9.14 Å². The van der Waals surface area contributed by atoms with E-state index in [1.807, 2.05) is 13.1 Å². The number of aromatic nitrogens is 1. The summed E-state index contributed by atoms with van der Waals surface area (Å²) in [7, 11) is 1.37. The number of methoxy groups -OCH3 is 1. The van der Waals surface area contributed by atoms with Gasteiger partial charge in [0.15, 0.2) is 0 Å². The fraction of sp³-hybridized carbons (Fsp3) is 0.308. The highest BCUT2D eigenvalue weighted by atomic mass is 19.1. The molecule has 4 heteroatoms. The van der Waals surface area contributed by atoms with Crippen molar-refractivity contribution >= 4 is 11.5 Å². The minimum absolute atomic E-state index is 0.287. The molecule has 2 aromatic heterocycles. The van der Waals surface area contributed by atoms with Gasteiger partial charge >= 0.3 is 5.97 Å². The van der Waals surface area contributed by atoms with Gasteiger partial charge in [0.1, 0.15) is 5.82 Å². The number of ether oxygens (including phenoxy) is 1. The van der Waals surface area contributed by atoms with Crippen molar-refractivity contribution in [3.05, 3.63) is 41.5 Å². The number of halogens is 1. The van der Waals surface area contributed by atoms with Gasteiger partial charge in [-0.15, -0.1) is 0 Å². The average Bonchev–Trinajstić information content (AvgIpc) is 2.62. The lowest BCUT2D eigenvalue weighted by Crippen LogP contribution is -2.11. The van der Waals surface area contributed by atoms with Crippen molar-refractivity contribution in [2.24, 2.45) is 0 Å². The van der Waals surface area contributed by atoms with E-state index in [2.05, 4.69) is 0 Å². The molecular formula is C13H14FNO2. The van der Waals surface area contributed by atoms with Crippen LogP contribution < -0.4 is 0 Å². The number of pyridine rings is 1. The molecule has 0 aromatic carbocycles. The highest BCUT2D eigenvalue weighted by Gasteiger charge is 2.21. The SMILES string of the molecule is COC(=O)C(C)c1c(C)cn2cc(F)ccc12. The molecule has 0 saturated heterocycles. The van der Waals surface area contributed by atoms with E-state index in [4.69, 9.17) is 4.74 Å². The molecule has 0 aliphatic heterocycles. The Labute approximate surface area is 98.8 Å². The van der Waals surface area contributed by atoms with Gasteiger partial charge in [0, 0.05) is 17.9 Å². The second kappa shape index (κ2) is 4.20. The van der Waals surface area contributed by atoms with Crippen LogP contribution in [0, 0.1) is 12.7 Å². The summed E-state index contributed by atoms with van der Waals surface area (Å²) in [5.74, 6) is -0.939. The van der Waals surface area contributed by atoms with Gasteiger partial charge in [0.2, 0.25) is 0 Å². The first-order valence-electron chi connectivity index (χ1n) is 5.39. The Morgan fingerprint density at radius 3 is 2.76 bits per heavy atom. The molecular weight excluding hydrogens is 221 g/mol. The zero-order chi connectivity index (χ0) is 12.6. The lowest BCUT2D eigenvalue weighted by Gasteiger charge is -2.09. The van der Waals surface area contributed by atoms with Gasteiger partial charge in [-0.1, -0.05) is 0 Å². The smallest absolute Gasteiger partial charge is 0.312 e. The third-order valence-corrected chi connectivity index (χ3v) is 2.96. The molecule has 90 valence electrons. The quantitative estimate of drug-likeness (QED) is 0.749. The summed E-state index contributed by atoms with van der Waals surface area (Å²) in [6.45, 7) is 3.69. The van der Waals surface area contributed by atoms with Crippen molar-refractivity contribution in [1.29, 1.82) is 0 Å². The topological polar surface area (TPSA) is 30.7 Å². The average molecular weight is 235 g/mol. The molecule has 1 atom stereocenters. The second-order valence-electron chi connectivity index (χ2n) is 4.11. The van der Waals surface area contributed by atoms with Gasteiger partial charge in [0.05, 0.1) is 13.0 Å². The maximum Gasteiger partial charge on any atom is 0.312 e. The number of nitrogens with zero attached hydrogens (tertiary/aromatic N) is 1. The minimum atomic E-state index is -0.351. The van der Waals surface area contributed by atoms with Crippen LogP contribution in [0.25, 0.3) is 5.52 Å². The van der Waals surface area contributed by atoms with E-state index in [9.17, 15) is 9.18 Å². The number of rotatable bonds is 2. The highest BCUT2D eigenvalue weighted by molar-refractivity contribution is 5.82. The first-order chi connectivity index (χ1) is 8.04. The summed E-state index contributed by atoms with van der Waals surface area (Å²) in [5, 5.41) is 0. The number of aryl methyl sites for hydroxylation is 1. The summed E-state index contributed by atoms with van der Waals surface area (Å²) >= 11 is 0. The lowest BCUT2D eigenvalue weighted by atomic mass is 9.99. The van der Waals surface area contributed by atoms with Crippen molar-refractivity contribution in [2.75, 3.05) is 7.11 Å². The maximum absolute atomic E-state index is 13.1.